The quantitative estimate of drug-likeness (QED) is 0.566. The van der Waals surface area contributed by atoms with Crippen LogP contribution in [0, 0.1) is 12.1 Å². The molecular weight excluding hydrogens is 262 g/mol. The number of hydrazone groups is 1. The first-order chi connectivity index (χ1) is 9.56. The smallest absolute Gasteiger partial charge is 0.271 e. The Morgan fingerprint density at radius 1 is 1.35 bits per heavy atom. The van der Waals surface area contributed by atoms with E-state index < -0.39 is 11.1 Å². The summed E-state index contributed by atoms with van der Waals surface area (Å²) in [4.78, 5) is 11.7. The molecule has 0 radical (unpaired) electrons. The van der Waals surface area contributed by atoms with Gasteiger partial charge in [-0.15, -0.1) is 0 Å². The van der Waals surface area contributed by atoms with E-state index in [4.69, 9.17) is 9.62 Å². The minimum atomic E-state index is -1.04. The van der Waals surface area contributed by atoms with E-state index in [0.717, 1.165) is 5.76 Å². The van der Waals surface area contributed by atoms with Crippen molar-refractivity contribution < 1.29 is 19.6 Å². The summed E-state index contributed by atoms with van der Waals surface area (Å²) in [5.41, 5.74) is 2.77. The van der Waals surface area contributed by atoms with Crippen LogP contribution in [0.4, 0.5) is 5.69 Å². The zero-order valence-corrected chi connectivity index (χ0v) is 10.7. The van der Waals surface area contributed by atoms with E-state index in [0.29, 0.717) is 11.3 Å². The minimum absolute atomic E-state index is 0.121. The Hall–Kier alpha value is -2.48. The van der Waals surface area contributed by atoms with Crippen molar-refractivity contribution in [1.82, 2.24) is 5.43 Å². The van der Waals surface area contributed by atoms with Gasteiger partial charge in [0.05, 0.1) is 6.21 Å². The highest BCUT2D eigenvalue weighted by Crippen LogP contribution is 2.05. The third-order valence-corrected chi connectivity index (χ3v) is 2.51. The summed E-state index contributed by atoms with van der Waals surface area (Å²) >= 11 is 0. The van der Waals surface area contributed by atoms with Crippen LogP contribution in [0.15, 0.2) is 45.9 Å². The van der Waals surface area contributed by atoms with Gasteiger partial charge in [-0.05, 0) is 31.2 Å². The summed E-state index contributed by atoms with van der Waals surface area (Å²) in [6.07, 6.45) is 1.39. The molecule has 1 aromatic carbocycles. The van der Waals surface area contributed by atoms with Gasteiger partial charge in [0, 0.05) is 17.7 Å². The maximum Gasteiger partial charge on any atom is 0.271 e. The monoisotopic (exact) mass is 275 g/mol. The molecule has 0 saturated carbocycles. The number of carbonyl (C=O) groups excluding carboxylic acids is 1. The van der Waals surface area contributed by atoms with Gasteiger partial charge in [-0.25, -0.2) is 10.6 Å². The fourth-order valence-corrected chi connectivity index (χ4v) is 1.51. The Kier molecular flexibility index (Phi) is 4.26. The molecule has 0 aliphatic rings. The van der Waals surface area contributed by atoms with Crippen molar-refractivity contribution in [3.8, 4) is 0 Å². The Morgan fingerprint density at radius 2 is 2.05 bits per heavy atom. The predicted molar refractivity (Wildman–Crippen MR) is 70.7 cm³/mol. The summed E-state index contributed by atoms with van der Waals surface area (Å²) in [6.45, 7) is 1.81. The number of benzene rings is 1. The molecule has 0 fully saturated rings. The molecule has 1 amide bonds. The van der Waals surface area contributed by atoms with Gasteiger partial charge in [0.1, 0.15) is 11.5 Å². The second kappa shape index (κ2) is 6.11. The maximum absolute atomic E-state index is 11.7. The molecule has 1 unspecified atom stereocenters. The molecule has 0 aliphatic carbocycles. The van der Waals surface area contributed by atoms with Crippen molar-refractivity contribution in [2.24, 2.45) is 5.10 Å². The molecule has 7 heteroatoms. The molecule has 20 heavy (non-hydrogen) atoms. The number of hydrogen-bond donors (Lipinski definition) is 3. The molecule has 1 atom stereocenters. The standard InChI is InChI=1S/C13H13N3O4/c1-9-2-7-12(20-9)8-14-15-13(17)10-3-5-11(6-4-10)16(18)19/h2-8,16,18H,1H3,(H,15,17). The van der Waals surface area contributed by atoms with Crippen molar-refractivity contribution in [2.45, 2.75) is 6.92 Å². The second-order valence-corrected chi connectivity index (χ2v) is 4.03. The molecule has 3 N–H and O–H groups in total. The van der Waals surface area contributed by atoms with Gasteiger partial charge in [0.15, 0.2) is 5.69 Å². The number of quaternary nitrogens is 1. The van der Waals surface area contributed by atoms with E-state index in [-0.39, 0.29) is 5.69 Å². The van der Waals surface area contributed by atoms with Gasteiger partial charge >= 0.3 is 0 Å². The molecule has 7 nitrogen and oxygen atoms in total. The molecule has 1 aromatic heterocycles. The summed E-state index contributed by atoms with van der Waals surface area (Å²) in [5, 5.41) is 22.1. The van der Waals surface area contributed by atoms with E-state index in [1.165, 1.54) is 30.5 Å². The van der Waals surface area contributed by atoms with Crippen molar-refractivity contribution in [1.29, 1.82) is 0 Å². The van der Waals surface area contributed by atoms with Gasteiger partial charge in [-0.1, -0.05) is 0 Å². The van der Waals surface area contributed by atoms with Crippen molar-refractivity contribution >= 4 is 17.8 Å². The third kappa shape index (κ3) is 3.51. The van der Waals surface area contributed by atoms with Crippen LogP contribution >= 0.6 is 0 Å². The topological polar surface area (TPSA) is 102 Å². The summed E-state index contributed by atoms with van der Waals surface area (Å²) in [6, 6.07) is 9.07. The number of rotatable bonds is 4. The lowest BCUT2D eigenvalue weighted by molar-refractivity contribution is -0.991. The summed E-state index contributed by atoms with van der Waals surface area (Å²) in [5.74, 6) is 0.854. The fraction of sp³-hybridized carbons (Fsp3) is 0.0769. The molecular formula is C13H13N3O4. The van der Waals surface area contributed by atoms with E-state index >= 15 is 0 Å². The number of amides is 1. The molecule has 2 aromatic rings. The van der Waals surface area contributed by atoms with Crippen LogP contribution in [0.1, 0.15) is 21.9 Å². The van der Waals surface area contributed by atoms with Gasteiger partial charge in [0.25, 0.3) is 5.91 Å². The van der Waals surface area contributed by atoms with Crippen LogP contribution in [0.25, 0.3) is 0 Å². The number of hydrogen-bond acceptors (Lipinski definition) is 5. The van der Waals surface area contributed by atoms with Crippen LogP contribution in [-0.4, -0.2) is 17.3 Å². The second-order valence-electron chi connectivity index (χ2n) is 4.03. The lowest BCUT2D eigenvalue weighted by atomic mass is 10.2. The largest absolute Gasteiger partial charge is 0.595 e. The average molecular weight is 275 g/mol. The van der Waals surface area contributed by atoms with Crippen molar-refractivity contribution in [2.75, 3.05) is 0 Å². The van der Waals surface area contributed by atoms with Crippen LogP contribution in [-0.2, 0) is 0 Å². The molecule has 0 aliphatic heterocycles. The van der Waals surface area contributed by atoms with Gasteiger partial charge in [-0.3, -0.25) is 4.79 Å². The lowest BCUT2D eigenvalue weighted by Gasteiger charge is -2.11. The first-order valence-electron chi connectivity index (χ1n) is 5.79. The first kappa shape index (κ1) is 13.9. The summed E-state index contributed by atoms with van der Waals surface area (Å²) in [7, 11) is 0. The number of carbonyl (C=O) groups is 1. The minimum Gasteiger partial charge on any atom is -0.595 e. The van der Waals surface area contributed by atoms with E-state index in [2.05, 4.69) is 10.5 Å². The van der Waals surface area contributed by atoms with Crippen molar-refractivity contribution in [3.05, 3.63) is 58.7 Å². The highest BCUT2D eigenvalue weighted by atomic mass is 16.8. The number of furan rings is 1. The SMILES string of the molecule is Cc1ccc(C=NNC(=O)c2ccc([NH+]([O-])O)cc2)o1. The lowest BCUT2D eigenvalue weighted by Crippen LogP contribution is -2.99. The van der Waals surface area contributed by atoms with Crippen LogP contribution in [0.5, 0.6) is 0 Å². The number of nitrogens with zero attached hydrogens (tertiary/aromatic N) is 1. The molecule has 0 bridgehead atoms. The molecule has 1 heterocycles. The maximum atomic E-state index is 11.7. The molecule has 0 saturated heterocycles. The molecule has 2 rings (SSSR count). The van der Waals surface area contributed by atoms with Crippen molar-refractivity contribution in [3.63, 3.8) is 0 Å². The van der Waals surface area contributed by atoms with Crippen LogP contribution < -0.4 is 10.7 Å². The highest BCUT2D eigenvalue weighted by Gasteiger charge is 2.06. The Morgan fingerprint density at radius 3 is 2.60 bits per heavy atom. The molecule has 104 valence electrons. The van der Waals surface area contributed by atoms with Gasteiger partial charge < -0.3 is 9.62 Å². The Labute approximate surface area is 114 Å². The number of nitrogens with one attached hydrogen (secondary N) is 2. The van der Waals surface area contributed by atoms with E-state index in [1.54, 1.807) is 19.1 Å². The zero-order valence-electron chi connectivity index (χ0n) is 10.7. The Balaban J connectivity index is 1.96. The van der Waals surface area contributed by atoms with Crippen LogP contribution in [0.2, 0.25) is 0 Å². The van der Waals surface area contributed by atoms with Crippen LogP contribution in [0.3, 0.4) is 0 Å². The van der Waals surface area contributed by atoms with Gasteiger partial charge in [0.2, 0.25) is 0 Å². The van der Waals surface area contributed by atoms with Gasteiger partial charge in [-0.2, -0.15) is 10.3 Å². The molecule has 0 spiro atoms. The normalized spacial score (nSPS) is 12.6. The van der Waals surface area contributed by atoms with E-state index in [1.807, 2.05) is 0 Å². The predicted octanol–water partition coefficient (Wildman–Crippen LogP) is 0.755. The zero-order chi connectivity index (χ0) is 14.5. The summed E-state index contributed by atoms with van der Waals surface area (Å²) < 4.78 is 5.25. The fourth-order valence-electron chi connectivity index (χ4n) is 1.51. The highest BCUT2D eigenvalue weighted by molar-refractivity contribution is 5.94. The Bertz CT molecular complexity index is 617. The number of aryl methyl sites for hydroxylation is 1. The first-order valence-corrected chi connectivity index (χ1v) is 5.79. The van der Waals surface area contributed by atoms with E-state index in [9.17, 15) is 10.0 Å². The average Bonchev–Trinajstić information content (AvgIpc) is 2.84. The third-order valence-electron chi connectivity index (χ3n) is 2.51.